The summed E-state index contributed by atoms with van der Waals surface area (Å²) >= 11 is 0. The molecule has 3 heterocycles. The van der Waals surface area contributed by atoms with Crippen LogP contribution in [0.25, 0.3) is 10.9 Å². The highest BCUT2D eigenvalue weighted by molar-refractivity contribution is 7.92. The lowest BCUT2D eigenvalue weighted by Gasteiger charge is -2.43. The van der Waals surface area contributed by atoms with Crippen LogP contribution in [-0.2, 0) is 21.1 Å². The van der Waals surface area contributed by atoms with Crippen LogP contribution in [0.3, 0.4) is 0 Å². The molecule has 2 saturated heterocycles. The van der Waals surface area contributed by atoms with Gasteiger partial charge in [-0.05, 0) is 19.4 Å². The Morgan fingerprint density at radius 3 is 2.92 bits per heavy atom. The maximum Gasteiger partial charge on any atom is 0.256 e. The van der Waals surface area contributed by atoms with Gasteiger partial charge >= 0.3 is 0 Å². The van der Waals surface area contributed by atoms with Crippen LogP contribution in [0.15, 0.2) is 30.5 Å². The van der Waals surface area contributed by atoms with Crippen LogP contribution in [0.4, 0.5) is 0 Å². The van der Waals surface area contributed by atoms with E-state index in [1.54, 1.807) is 4.90 Å². The molecule has 134 valence electrons. The quantitative estimate of drug-likeness (QED) is 0.815. The van der Waals surface area contributed by atoms with Crippen molar-refractivity contribution in [2.45, 2.75) is 31.2 Å². The topological polar surface area (TPSA) is 68.6 Å². The Balaban J connectivity index is 1.74. The lowest BCUT2D eigenvalue weighted by atomic mass is 10.0. The zero-order valence-electron chi connectivity index (χ0n) is 14.2. The van der Waals surface area contributed by atoms with Gasteiger partial charge in [0.15, 0.2) is 9.84 Å². The first-order valence-electron chi connectivity index (χ1n) is 8.71. The zero-order valence-corrected chi connectivity index (χ0v) is 15.0. The van der Waals surface area contributed by atoms with Gasteiger partial charge < -0.3 is 14.2 Å². The smallest absolute Gasteiger partial charge is 0.256 e. The zero-order chi connectivity index (χ0) is 17.6. The minimum absolute atomic E-state index is 0.00961. The molecule has 2 unspecified atom stereocenters. The Labute approximate surface area is 147 Å². The van der Waals surface area contributed by atoms with Crippen molar-refractivity contribution in [1.29, 1.82) is 0 Å². The summed E-state index contributed by atoms with van der Waals surface area (Å²) in [5, 5.41) is 0.324. The number of fused-ring (bicyclic) bond motifs is 2. The Kier molecular flexibility index (Phi) is 4.08. The molecule has 7 heteroatoms. The largest absolute Gasteiger partial charge is 0.380 e. The molecular formula is C18H22N2O4S. The molecule has 0 N–H and O–H groups in total. The van der Waals surface area contributed by atoms with Gasteiger partial charge in [0, 0.05) is 36.8 Å². The van der Waals surface area contributed by atoms with Crippen molar-refractivity contribution in [3.05, 3.63) is 36.0 Å². The van der Waals surface area contributed by atoms with E-state index in [0.717, 1.165) is 17.4 Å². The standard InChI is InChI=1S/C18H22N2O4S/c1-2-19-11-14(13-5-3-4-6-15(13)19)18(21)20-8-10-25(22,23)17-12-24-9-7-16(17)20/h3-6,11,16-17H,2,7-10,12H2,1H3. The monoisotopic (exact) mass is 362 g/mol. The lowest BCUT2D eigenvalue weighted by Crippen LogP contribution is -2.60. The van der Waals surface area contributed by atoms with Crippen molar-refractivity contribution in [1.82, 2.24) is 9.47 Å². The molecular weight excluding hydrogens is 340 g/mol. The molecule has 0 saturated carbocycles. The number of benzene rings is 1. The van der Waals surface area contributed by atoms with Crippen molar-refractivity contribution in [3.8, 4) is 0 Å². The Hall–Kier alpha value is -1.86. The van der Waals surface area contributed by atoms with Crippen LogP contribution >= 0.6 is 0 Å². The van der Waals surface area contributed by atoms with Gasteiger partial charge in [-0.25, -0.2) is 8.42 Å². The third kappa shape index (κ3) is 2.66. The Bertz CT molecular complexity index is 918. The number of ether oxygens (including phenoxy) is 1. The number of sulfone groups is 1. The predicted molar refractivity (Wildman–Crippen MR) is 95.4 cm³/mol. The first-order chi connectivity index (χ1) is 12.0. The van der Waals surface area contributed by atoms with Crippen molar-refractivity contribution in [3.63, 3.8) is 0 Å². The summed E-state index contributed by atoms with van der Waals surface area (Å²) in [5.74, 6) is -0.0643. The van der Waals surface area contributed by atoms with Crippen LogP contribution in [0.5, 0.6) is 0 Å². The molecule has 0 spiro atoms. The molecule has 2 fully saturated rings. The maximum absolute atomic E-state index is 13.3. The van der Waals surface area contributed by atoms with E-state index in [2.05, 4.69) is 4.57 Å². The normalized spacial score (nSPS) is 25.7. The lowest BCUT2D eigenvalue weighted by molar-refractivity contribution is 0.0295. The van der Waals surface area contributed by atoms with Crippen LogP contribution in [0.1, 0.15) is 23.7 Å². The number of hydrogen-bond donors (Lipinski definition) is 0. The number of rotatable bonds is 2. The third-order valence-electron chi connectivity index (χ3n) is 5.37. The number of para-hydroxylation sites is 1. The van der Waals surface area contributed by atoms with E-state index in [0.29, 0.717) is 18.6 Å². The second-order valence-electron chi connectivity index (χ2n) is 6.68. The van der Waals surface area contributed by atoms with Crippen molar-refractivity contribution in [2.75, 3.05) is 25.5 Å². The number of carbonyl (C=O) groups excluding carboxylic acids is 1. The molecule has 1 aromatic heterocycles. The second kappa shape index (κ2) is 6.14. The van der Waals surface area contributed by atoms with Gasteiger partial charge in [0.25, 0.3) is 5.91 Å². The SMILES string of the molecule is CCn1cc(C(=O)N2CCS(=O)(=O)C3COCCC32)c2ccccc21. The van der Waals surface area contributed by atoms with Crippen LogP contribution in [0.2, 0.25) is 0 Å². The van der Waals surface area contributed by atoms with E-state index in [9.17, 15) is 13.2 Å². The fourth-order valence-corrected chi connectivity index (χ4v) is 5.85. The van der Waals surface area contributed by atoms with E-state index in [-0.39, 0.29) is 30.9 Å². The van der Waals surface area contributed by atoms with Gasteiger partial charge in [0.1, 0.15) is 5.25 Å². The highest BCUT2D eigenvalue weighted by atomic mass is 32.2. The summed E-state index contributed by atoms with van der Waals surface area (Å²) in [6, 6.07) is 7.57. The first kappa shape index (κ1) is 16.6. The number of nitrogens with zero attached hydrogens (tertiary/aromatic N) is 2. The van der Waals surface area contributed by atoms with E-state index >= 15 is 0 Å². The molecule has 25 heavy (non-hydrogen) atoms. The van der Waals surface area contributed by atoms with Gasteiger partial charge in [0.2, 0.25) is 0 Å². The predicted octanol–water partition coefficient (Wildman–Crippen LogP) is 1.69. The molecule has 0 bridgehead atoms. The summed E-state index contributed by atoms with van der Waals surface area (Å²) in [4.78, 5) is 15.0. The molecule has 4 rings (SSSR count). The molecule has 1 aromatic carbocycles. The first-order valence-corrected chi connectivity index (χ1v) is 10.4. The number of aromatic nitrogens is 1. The molecule has 1 amide bonds. The molecule has 2 aliphatic heterocycles. The Morgan fingerprint density at radius 1 is 1.32 bits per heavy atom. The summed E-state index contributed by atoms with van der Waals surface area (Å²) in [5.41, 5.74) is 1.68. The van der Waals surface area contributed by atoms with Gasteiger partial charge in [0.05, 0.1) is 24.0 Å². The van der Waals surface area contributed by atoms with E-state index < -0.39 is 15.1 Å². The van der Waals surface area contributed by atoms with E-state index in [4.69, 9.17) is 4.74 Å². The molecule has 0 radical (unpaired) electrons. The molecule has 6 nitrogen and oxygen atoms in total. The molecule has 0 aliphatic carbocycles. The summed E-state index contributed by atoms with van der Waals surface area (Å²) < 4.78 is 32.2. The third-order valence-corrected chi connectivity index (χ3v) is 7.49. The average molecular weight is 362 g/mol. The highest BCUT2D eigenvalue weighted by Gasteiger charge is 2.45. The van der Waals surface area contributed by atoms with E-state index in [1.165, 1.54) is 0 Å². The second-order valence-corrected chi connectivity index (χ2v) is 9.02. The van der Waals surface area contributed by atoms with Crippen LogP contribution < -0.4 is 0 Å². The van der Waals surface area contributed by atoms with Crippen LogP contribution in [0, 0.1) is 0 Å². The van der Waals surface area contributed by atoms with Crippen molar-refractivity contribution in [2.24, 2.45) is 0 Å². The highest BCUT2D eigenvalue weighted by Crippen LogP contribution is 2.30. The summed E-state index contributed by atoms with van der Waals surface area (Å²) in [6.07, 6.45) is 2.46. The minimum atomic E-state index is -3.20. The molecule has 2 atom stereocenters. The van der Waals surface area contributed by atoms with Crippen molar-refractivity contribution >= 4 is 26.6 Å². The van der Waals surface area contributed by atoms with Crippen molar-refractivity contribution < 1.29 is 17.9 Å². The van der Waals surface area contributed by atoms with Gasteiger partial charge in [-0.3, -0.25) is 4.79 Å². The number of hydrogen-bond acceptors (Lipinski definition) is 4. The van der Waals surface area contributed by atoms with Crippen LogP contribution in [-0.4, -0.2) is 60.6 Å². The maximum atomic E-state index is 13.3. The molecule has 2 aromatic rings. The summed E-state index contributed by atoms with van der Waals surface area (Å²) in [7, 11) is -3.20. The Morgan fingerprint density at radius 2 is 2.12 bits per heavy atom. The van der Waals surface area contributed by atoms with Gasteiger partial charge in [-0.15, -0.1) is 0 Å². The summed E-state index contributed by atoms with van der Waals surface area (Å²) in [6.45, 7) is 3.77. The number of aryl methyl sites for hydroxylation is 1. The number of amides is 1. The van der Waals surface area contributed by atoms with Gasteiger partial charge in [-0.1, -0.05) is 18.2 Å². The minimum Gasteiger partial charge on any atom is -0.380 e. The fourth-order valence-electron chi connectivity index (χ4n) is 4.03. The van der Waals surface area contributed by atoms with Gasteiger partial charge in [-0.2, -0.15) is 0 Å². The molecule has 2 aliphatic rings. The average Bonchev–Trinajstić information content (AvgIpc) is 3.00. The van der Waals surface area contributed by atoms with E-state index in [1.807, 2.05) is 37.4 Å². The fraction of sp³-hybridized carbons (Fsp3) is 0.500. The number of carbonyl (C=O) groups is 1.